The van der Waals surface area contributed by atoms with E-state index in [-0.39, 0.29) is 65.6 Å². The van der Waals surface area contributed by atoms with Crippen LogP contribution in [-0.2, 0) is 33.4 Å². The molecule has 0 radical (unpaired) electrons. The molecule has 5 aliphatic rings. The molecule has 7 nitrogen and oxygen atoms in total. The lowest BCUT2D eigenvalue weighted by Gasteiger charge is -2.60. The van der Waals surface area contributed by atoms with Crippen LogP contribution in [0.1, 0.15) is 86.5 Å². The van der Waals surface area contributed by atoms with Crippen LogP contribution < -0.4 is 0 Å². The van der Waals surface area contributed by atoms with Crippen LogP contribution in [-0.4, -0.2) is 42.3 Å². The predicted molar refractivity (Wildman–Crippen MR) is 139 cm³/mol. The Labute approximate surface area is 226 Å². The predicted octanol–water partition coefficient (Wildman–Crippen LogP) is 5.05. The van der Waals surface area contributed by atoms with Crippen molar-refractivity contribution >= 4 is 23.5 Å². The Hall–Kier alpha value is -2.18. The lowest BCUT2D eigenvalue weighted by Crippen LogP contribution is -2.58. The van der Waals surface area contributed by atoms with Gasteiger partial charge < -0.3 is 14.2 Å². The molecule has 0 bridgehead atoms. The van der Waals surface area contributed by atoms with Crippen molar-refractivity contribution in [2.75, 3.05) is 6.61 Å². The Morgan fingerprint density at radius 2 is 1.82 bits per heavy atom. The largest absolute Gasteiger partial charge is 0.487 e. The molecule has 1 saturated heterocycles. The molecule has 5 rings (SSSR count). The van der Waals surface area contributed by atoms with Gasteiger partial charge in [0.25, 0.3) is 0 Å². The molecule has 0 unspecified atom stereocenters. The van der Waals surface area contributed by atoms with Crippen LogP contribution in [0.15, 0.2) is 11.8 Å². The number of hydrogen-bond acceptors (Lipinski definition) is 7. The van der Waals surface area contributed by atoms with Crippen LogP contribution in [0.4, 0.5) is 0 Å². The first-order chi connectivity index (χ1) is 17.9. The van der Waals surface area contributed by atoms with Gasteiger partial charge in [0.15, 0.2) is 11.5 Å². The van der Waals surface area contributed by atoms with E-state index in [0.717, 1.165) is 38.5 Å². The number of ether oxygens (including phenoxy) is 3. The number of hydrogen-bond donors (Lipinski definition) is 0. The fourth-order valence-corrected chi connectivity index (χ4v) is 9.56. The zero-order chi connectivity index (χ0) is 27.6. The van der Waals surface area contributed by atoms with Gasteiger partial charge in [0.2, 0.25) is 0 Å². The summed E-state index contributed by atoms with van der Waals surface area (Å²) in [5.41, 5.74) is -0.474. The second-order valence-electron chi connectivity index (χ2n) is 13.5. The van der Waals surface area contributed by atoms with E-state index in [1.807, 2.05) is 13.8 Å². The summed E-state index contributed by atoms with van der Waals surface area (Å²) < 4.78 is 17.1. The van der Waals surface area contributed by atoms with Gasteiger partial charge in [-0.1, -0.05) is 27.7 Å². The molecule has 11 atom stereocenters. The summed E-state index contributed by atoms with van der Waals surface area (Å²) in [6.45, 7) is 11.4. The second-order valence-corrected chi connectivity index (χ2v) is 13.5. The molecule has 0 N–H and O–H groups in total. The Balaban J connectivity index is 1.38. The summed E-state index contributed by atoms with van der Waals surface area (Å²) in [4.78, 5) is 50.3. The van der Waals surface area contributed by atoms with Gasteiger partial charge >= 0.3 is 11.9 Å². The van der Waals surface area contributed by atoms with Gasteiger partial charge in [0, 0.05) is 43.4 Å². The topological polar surface area (TPSA) is 96.0 Å². The molecule has 210 valence electrons. The van der Waals surface area contributed by atoms with Crippen LogP contribution in [0.5, 0.6) is 0 Å². The van der Waals surface area contributed by atoms with E-state index in [9.17, 15) is 19.2 Å². The molecule has 5 fully saturated rings. The van der Waals surface area contributed by atoms with Crippen molar-refractivity contribution in [3.63, 3.8) is 0 Å². The minimum absolute atomic E-state index is 0.00487. The maximum atomic E-state index is 14.1. The normalized spacial score (nSPS) is 45.7. The van der Waals surface area contributed by atoms with Gasteiger partial charge in [0.1, 0.15) is 18.0 Å². The molecule has 0 aromatic carbocycles. The molecule has 38 heavy (non-hydrogen) atoms. The van der Waals surface area contributed by atoms with Crippen LogP contribution in [0, 0.1) is 52.3 Å². The third kappa shape index (κ3) is 4.32. The molecular weight excluding hydrogens is 484 g/mol. The minimum atomic E-state index is -0.548. The van der Waals surface area contributed by atoms with Crippen LogP contribution in [0.25, 0.3) is 0 Å². The highest BCUT2D eigenvalue weighted by atomic mass is 16.5. The van der Waals surface area contributed by atoms with Gasteiger partial charge in [-0.05, 0) is 73.7 Å². The molecule has 1 heterocycles. The third-order valence-electron chi connectivity index (χ3n) is 11.4. The maximum Gasteiger partial charge on any atom is 0.302 e. The third-order valence-corrected chi connectivity index (χ3v) is 11.4. The van der Waals surface area contributed by atoms with E-state index >= 15 is 0 Å². The highest BCUT2D eigenvalue weighted by molar-refractivity contribution is 5.97. The SMILES string of the molecule is CC(=O)OC[C@H](C)/C=C1/O[C@H]2C[C@H]3[C@@H]4CC[C@H]5C[C@@H](OC(C)=O)CC[C@]5(C)[C@H]4CC(=O)[C@]3(C)[C@H]2[C@H](C)C1=O. The highest BCUT2D eigenvalue weighted by Crippen LogP contribution is 2.68. The lowest BCUT2D eigenvalue weighted by atomic mass is 9.44. The van der Waals surface area contributed by atoms with E-state index in [1.54, 1.807) is 6.08 Å². The van der Waals surface area contributed by atoms with Crippen molar-refractivity contribution in [2.45, 2.75) is 98.7 Å². The fraction of sp³-hybridized carbons (Fsp3) is 0.806. The Morgan fingerprint density at radius 1 is 1.08 bits per heavy atom. The van der Waals surface area contributed by atoms with Crippen LogP contribution >= 0.6 is 0 Å². The van der Waals surface area contributed by atoms with Gasteiger partial charge in [-0.2, -0.15) is 0 Å². The summed E-state index contributed by atoms with van der Waals surface area (Å²) in [6, 6.07) is 0. The van der Waals surface area contributed by atoms with Crippen molar-refractivity contribution in [3.8, 4) is 0 Å². The quantitative estimate of drug-likeness (QED) is 0.372. The first-order valence-corrected chi connectivity index (χ1v) is 14.6. The first-order valence-electron chi connectivity index (χ1n) is 14.6. The number of allylic oxidation sites excluding steroid dienone is 1. The highest BCUT2D eigenvalue weighted by Gasteiger charge is 2.68. The Morgan fingerprint density at radius 3 is 2.50 bits per heavy atom. The smallest absolute Gasteiger partial charge is 0.302 e. The number of carbonyl (C=O) groups is 4. The molecule has 4 aliphatic carbocycles. The fourth-order valence-electron chi connectivity index (χ4n) is 9.56. The molecule has 4 saturated carbocycles. The van der Waals surface area contributed by atoms with E-state index in [1.165, 1.54) is 13.8 Å². The van der Waals surface area contributed by atoms with Crippen molar-refractivity contribution in [1.82, 2.24) is 0 Å². The molecule has 0 aromatic heterocycles. The number of esters is 2. The van der Waals surface area contributed by atoms with Gasteiger partial charge in [-0.25, -0.2) is 0 Å². The molecule has 0 aromatic rings. The number of ketones is 2. The van der Waals surface area contributed by atoms with Crippen molar-refractivity contribution < 1.29 is 33.4 Å². The molecule has 1 aliphatic heterocycles. The Bertz CT molecular complexity index is 1050. The average molecular weight is 529 g/mol. The van der Waals surface area contributed by atoms with E-state index in [0.29, 0.717) is 35.7 Å². The summed E-state index contributed by atoms with van der Waals surface area (Å²) in [6.07, 6.45) is 7.94. The average Bonchev–Trinajstić information content (AvgIpc) is 3.15. The van der Waals surface area contributed by atoms with Gasteiger partial charge in [0.05, 0.1) is 6.61 Å². The van der Waals surface area contributed by atoms with Crippen LogP contribution in [0.2, 0.25) is 0 Å². The molecule has 0 amide bonds. The zero-order valence-electron chi connectivity index (χ0n) is 23.8. The summed E-state index contributed by atoms with van der Waals surface area (Å²) in [7, 11) is 0. The number of Topliss-reactive ketones (excluding diaryl/α,β-unsaturated/α-hetero) is 2. The van der Waals surface area contributed by atoms with Crippen molar-refractivity contribution in [1.29, 1.82) is 0 Å². The number of fused-ring (bicyclic) bond motifs is 7. The molecule has 7 heteroatoms. The number of carbonyl (C=O) groups excluding carboxylic acids is 4. The standard InChI is InChI=1S/C31H44O7/c1-16(15-36-18(3)32)11-26-29(35)17(2)28-25(38-26)13-24-22-8-7-20-12-21(37-19(4)33)9-10-30(20,5)23(22)14-27(34)31(24,28)6/h11,16-17,20-25,28H,7-10,12-15H2,1-6H3/b26-11+/t16-,17+,20+,21+,22-,23+,24+,25+,28+,30+,31-/m1/s1. The van der Waals surface area contributed by atoms with Gasteiger partial charge in [-0.3, -0.25) is 19.2 Å². The van der Waals surface area contributed by atoms with Crippen molar-refractivity contribution in [2.24, 2.45) is 52.3 Å². The van der Waals surface area contributed by atoms with E-state index in [4.69, 9.17) is 14.2 Å². The summed E-state index contributed by atoms with van der Waals surface area (Å²) >= 11 is 0. The Kier molecular flexibility index (Phi) is 7.05. The zero-order valence-corrected chi connectivity index (χ0v) is 23.8. The second kappa shape index (κ2) is 9.78. The number of rotatable bonds is 4. The van der Waals surface area contributed by atoms with E-state index < -0.39 is 5.41 Å². The van der Waals surface area contributed by atoms with E-state index in [2.05, 4.69) is 13.8 Å². The maximum absolute atomic E-state index is 14.1. The minimum Gasteiger partial charge on any atom is -0.487 e. The molecule has 0 spiro atoms. The monoisotopic (exact) mass is 528 g/mol. The first kappa shape index (κ1) is 27.4. The lowest BCUT2D eigenvalue weighted by molar-refractivity contribution is -0.168. The van der Waals surface area contributed by atoms with Crippen LogP contribution in [0.3, 0.4) is 0 Å². The van der Waals surface area contributed by atoms with Gasteiger partial charge in [-0.15, -0.1) is 0 Å². The summed E-state index contributed by atoms with van der Waals surface area (Å²) in [5, 5.41) is 0. The summed E-state index contributed by atoms with van der Waals surface area (Å²) in [5.74, 6) is 0.984. The molecular formula is C31H44O7. The van der Waals surface area contributed by atoms with Crippen molar-refractivity contribution in [3.05, 3.63) is 11.8 Å².